The van der Waals surface area contributed by atoms with Crippen LogP contribution in [-0.4, -0.2) is 23.2 Å². The van der Waals surface area contributed by atoms with Crippen molar-refractivity contribution in [1.82, 2.24) is 0 Å². The first-order chi connectivity index (χ1) is 14.4. The molecule has 0 spiro atoms. The van der Waals surface area contributed by atoms with Crippen molar-refractivity contribution in [2.45, 2.75) is 31.6 Å². The van der Waals surface area contributed by atoms with Crippen molar-refractivity contribution in [1.29, 1.82) is 0 Å². The summed E-state index contributed by atoms with van der Waals surface area (Å²) in [5, 5.41) is 22.4. The van der Waals surface area contributed by atoms with Crippen molar-refractivity contribution < 1.29 is 19.7 Å². The van der Waals surface area contributed by atoms with Gasteiger partial charge in [-0.25, -0.2) is 0 Å². The number of amides is 1. The minimum atomic E-state index is -1.82. The van der Waals surface area contributed by atoms with Crippen molar-refractivity contribution in [3.63, 3.8) is 0 Å². The Balaban J connectivity index is 1.67. The molecule has 1 aliphatic rings. The number of carbonyl (C=O) groups is 1. The summed E-state index contributed by atoms with van der Waals surface area (Å²) >= 11 is 0. The molecule has 1 amide bonds. The van der Waals surface area contributed by atoms with Gasteiger partial charge in [0, 0.05) is 17.5 Å². The number of aryl methyl sites for hydroxylation is 1. The summed E-state index contributed by atoms with van der Waals surface area (Å²) in [6.45, 7) is 2.36. The third-order valence-corrected chi connectivity index (χ3v) is 5.69. The molecular formula is C25H25NO4. The molecule has 5 nitrogen and oxygen atoms in total. The second-order valence-electron chi connectivity index (χ2n) is 7.72. The average molecular weight is 403 g/mol. The van der Waals surface area contributed by atoms with Crippen LogP contribution in [0.25, 0.3) is 0 Å². The molecule has 0 fully saturated rings. The Morgan fingerprint density at radius 2 is 1.67 bits per heavy atom. The number of para-hydroxylation sites is 2. The maximum absolute atomic E-state index is 13.4. The highest BCUT2D eigenvalue weighted by Crippen LogP contribution is 2.46. The number of methoxy groups -OCH3 is 1. The van der Waals surface area contributed by atoms with E-state index in [2.05, 4.69) is 0 Å². The predicted molar refractivity (Wildman–Crippen MR) is 115 cm³/mol. The van der Waals surface area contributed by atoms with Gasteiger partial charge < -0.3 is 19.8 Å². The minimum absolute atomic E-state index is 0.159. The maximum atomic E-state index is 13.4. The highest BCUT2D eigenvalue weighted by molar-refractivity contribution is 6.06. The normalized spacial score (nSPS) is 18.9. The van der Waals surface area contributed by atoms with E-state index in [-0.39, 0.29) is 6.42 Å². The fourth-order valence-electron chi connectivity index (χ4n) is 4.07. The molecule has 2 atom stereocenters. The van der Waals surface area contributed by atoms with Crippen molar-refractivity contribution in [3.05, 3.63) is 95.1 Å². The van der Waals surface area contributed by atoms with Crippen LogP contribution in [0.5, 0.6) is 5.75 Å². The number of hydrogen-bond acceptors (Lipinski definition) is 4. The number of aliphatic hydroxyl groups is 2. The fraction of sp³-hybridized carbons (Fsp3) is 0.240. The zero-order valence-corrected chi connectivity index (χ0v) is 17.1. The number of carbonyl (C=O) groups excluding carboxylic acids is 1. The van der Waals surface area contributed by atoms with Crippen LogP contribution in [0, 0.1) is 6.92 Å². The molecule has 30 heavy (non-hydrogen) atoms. The molecule has 0 saturated carbocycles. The van der Waals surface area contributed by atoms with Gasteiger partial charge in [0.05, 0.1) is 25.4 Å². The molecular weight excluding hydrogens is 378 g/mol. The topological polar surface area (TPSA) is 70.0 Å². The van der Waals surface area contributed by atoms with Crippen molar-refractivity contribution >= 4 is 11.6 Å². The number of anilines is 1. The van der Waals surface area contributed by atoms with Crippen molar-refractivity contribution in [3.8, 4) is 5.75 Å². The van der Waals surface area contributed by atoms with Crippen LogP contribution in [0.1, 0.15) is 34.8 Å². The Bertz CT molecular complexity index is 1060. The van der Waals surface area contributed by atoms with E-state index in [9.17, 15) is 15.0 Å². The lowest BCUT2D eigenvalue weighted by molar-refractivity contribution is -0.139. The molecule has 3 aromatic carbocycles. The lowest BCUT2D eigenvalue weighted by Gasteiger charge is -2.26. The third kappa shape index (κ3) is 3.47. The van der Waals surface area contributed by atoms with Crippen LogP contribution >= 0.6 is 0 Å². The molecule has 1 aliphatic heterocycles. The van der Waals surface area contributed by atoms with Crippen molar-refractivity contribution in [2.24, 2.45) is 0 Å². The summed E-state index contributed by atoms with van der Waals surface area (Å²) in [6.07, 6.45) is -1.23. The van der Waals surface area contributed by atoms with Gasteiger partial charge >= 0.3 is 0 Å². The van der Waals surface area contributed by atoms with E-state index in [0.29, 0.717) is 29.1 Å². The SMILES string of the molecule is COc1ccccc1C(O)CC1(O)C(=O)N(Cc2ccc(C)cc2)c2ccccc21. The largest absolute Gasteiger partial charge is 0.496 e. The first-order valence-electron chi connectivity index (χ1n) is 9.94. The van der Waals surface area contributed by atoms with Gasteiger partial charge in [-0.15, -0.1) is 0 Å². The fourth-order valence-corrected chi connectivity index (χ4v) is 4.07. The molecule has 154 valence electrons. The first-order valence-corrected chi connectivity index (χ1v) is 9.94. The quantitative estimate of drug-likeness (QED) is 0.656. The van der Waals surface area contributed by atoms with Gasteiger partial charge in [-0.2, -0.15) is 0 Å². The Morgan fingerprint density at radius 1 is 1.00 bits per heavy atom. The molecule has 2 N–H and O–H groups in total. The molecule has 5 heteroatoms. The Hall–Kier alpha value is -3.15. The Kier molecular flexibility index (Phi) is 5.33. The zero-order chi connectivity index (χ0) is 21.3. The second-order valence-corrected chi connectivity index (χ2v) is 7.72. The second kappa shape index (κ2) is 7.94. The van der Waals surface area contributed by atoms with Crippen LogP contribution in [0.2, 0.25) is 0 Å². The van der Waals surface area contributed by atoms with Gasteiger partial charge in [-0.05, 0) is 24.6 Å². The summed E-state index contributed by atoms with van der Waals surface area (Å²) < 4.78 is 5.33. The summed E-state index contributed by atoms with van der Waals surface area (Å²) in [5.74, 6) is 0.0852. The van der Waals surface area contributed by atoms with Gasteiger partial charge in [-0.1, -0.05) is 66.2 Å². The van der Waals surface area contributed by atoms with Crippen molar-refractivity contribution in [2.75, 3.05) is 12.0 Å². The molecule has 0 aliphatic carbocycles. The van der Waals surface area contributed by atoms with E-state index < -0.39 is 17.6 Å². The van der Waals surface area contributed by atoms with Gasteiger partial charge in [0.25, 0.3) is 5.91 Å². The molecule has 0 saturated heterocycles. The zero-order valence-electron chi connectivity index (χ0n) is 17.1. The average Bonchev–Trinajstić information content (AvgIpc) is 2.97. The Labute approximate surface area is 176 Å². The van der Waals surface area contributed by atoms with Gasteiger partial charge in [0.1, 0.15) is 5.75 Å². The smallest absolute Gasteiger partial charge is 0.264 e. The molecule has 0 aromatic heterocycles. The van der Waals surface area contributed by atoms with E-state index in [1.807, 2.05) is 49.4 Å². The standard InChI is InChI=1S/C25H25NO4/c1-17-11-13-18(14-12-17)16-26-21-9-5-4-8-20(21)25(29,24(26)28)15-22(27)19-7-3-6-10-23(19)30-2/h3-14,22,27,29H,15-16H2,1-2H3. The van der Waals surface area contributed by atoms with E-state index in [1.165, 1.54) is 7.11 Å². The highest BCUT2D eigenvalue weighted by atomic mass is 16.5. The lowest BCUT2D eigenvalue weighted by atomic mass is 9.87. The van der Waals surface area contributed by atoms with Gasteiger partial charge in [0.2, 0.25) is 0 Å². The van der Waals surface area contributed by atoms with E-state index >= 15 is 0 Å². The van der Waals surface area contributed by atoms with E-state index in [0.717, 1.165) is 11.1 Å². The lowest BCUT2D eigenvalue weighted by Crippen LogP contribution is -2.41. The predicted octanol–water partition coefficient (Wildman–Crippen LogP) is 3.86. The van der Waals surface area contributed by atoms with Crippen LogP contribution in [0.3, 0.4) is 0 Å². The summed E-state index contributed by atoms with van der Waals surface area (Å²) in [7, 11) is 1.53. The maximum Gasteiger partial charge on any atom is 0.264 e. The number of fused-ring (bicyclic) bond motifs is 1. The summed E-state index contributed by atoms with van der Waals surface area (Å²) in [5.41, 5.74) is 2.01. The monoisotopic (exact) mass is 403 g/mol. The Morgan fingerprint density at radius 3 is 2.40 bits per heavy atom. The number of aliphatic hydroxyl groups excluding tert-OH is 1. The van der Waals surface area contributed by atoms with Crippen LogP contribution in [0.4, 0.5) is 5.69 Å². The van der Waals surface area contributed by atoms with E-state index in [1.54, 1.807) is 35.2 Å². The highest BCUT2D eigenvalue weighted by Gasteiger charge is 2.50. The number of nitrogens with zero attached hydrogens (tertiary/aromatic N) is 1. The first kappa shape index (κ1) is 20.1. The molecule has 0 bridgehead atoms. The van der Waals surface area contributed by atoms with Crippen LogP contribution < -0.4 is 9.64 Å². The third-order valence-electron chi connectivity index (χ3n) is 5.69. The van der Waals surface area contributed by atoms with Crippen LogP contribution in [0.15, 0.2) is 72.8 Å². The van der Waals surface area contributed by atoms with Crippen LogP contribution in [-0.2, 0) is 16.9 Å². The molecule has 3 aromatic rings. The number of benzene rings is 3. The van der Waals surface area contributed by atoms with E-state index in [4.69, 9.17) is 4.74 Å². The molecule has 2 unspecified atom stereocenters. The number of rotatable bonds is 6. The minimum Gasteiger partial charge on any atom is -0.496 e. The summed E-state index contributed by atoms with van der Waals surface area (Å²) in [6, 6.07) is 22.3. The van der Waals surface area contributed by atoms with Gasteiger partial charge in [-0.3, -0.25) is 4.79 Å². The number of hydrogen-bond donors (Lipinski definition) is 2. The molecule has 4 rings (SSSR count). The number of ether oxygens (including phenoxy) is 1. The molecule has 1 heterocycles. The molecule has 0 radical (unpaired) electrons. The summed E-state index contributed by atoms with van der Waals surface area (Å²) in [4.78, 5) is 15.0. The van der Waals surface area contributed by atoms with Gasteiger partial charge in [0.15, 0.2) is 5.60 Å².